The minimum atomic E-state index is -0.00487. The summed E-state index contributed by atoms with van der Waals surface area (Å²) in [5.41, 5.74) is 3.91. The van der Waals surface area contributed by atoms with Crippen molar-refractivity contribution in [2.45, 2.75) is 44.8 Å². The van der Waals surface area contributed by atoms with Gasteiger partial charge < -0.3 is 9.47 Å². The molecule has 1 saturated heterocycles. The molecular weight excluding hydrogens is 368 g/mol. The highest BCUT2D eigenvalue weighted by atomic mass is 35.5. The van der Waals surface area contributed by atoms with Gasteiger partial charge in [0.1, 0.15) is 0 Å². The molecule has 4 rings (SSSR count). The van der Waals surface area contributed by atoms with Gasteiger partial charge in [0.05, 0.1) is 13.2 Å². The molecule has 0 spiro atoms. The molecule has 0 radical (unpaired) electrons. The second kappa shape index (κ2) is 9.26. The molecule has 2 aromatic rings. The molecule has 0 unspecified atom stereocenters. The maximum absolute atomic E-state index is 6.01. The molecule has 0 amide bonds. The van der Waals surface area contributed by atoms with Gasteiger partial charge in [-0.15, -0.1) is 0 Å². The summed E-state index contributed by atoms with van der Waals surface area (Å²) in [5.74, 6) is 1.60. The Morgan fingerprint density at radius 1 is 0.821 bits per heavy atom. The molecule has 2 fully saturated rings. The average molecular weight is 397 g/mol. The second-order valence-electron chi connectivity index (χ2n) is 8.06. The Morgan fingerprint density at radius 3 is 1.96 bits per heavy atom. The van der Waals surface area contributed by atoms with E-state index < -0.39 is 0 Å². The highest BCUT2D eigenvalue weighted by Gasteiger charge is 2.32. The fourth-order valence-corrected chi connectivity index (χ4v) is 4.63. The van der Waals surface area contributed by atoms with Gasteiger partial charge >= 0.3 is 0 Å². The Bertz CT molecular complexity index is 765. The van der Waals surface area contributed by atoms with Crippen LogP contribution in [0.15, 0.2) is 60.7 Å². The highest BCUT2D eigenvalue weighted by molar-refractivity contribution is 6.30. The lowest BCUT2D eigenvalue weighted by molar-refractivity contribution is -0.222. The SMILES string of the molecule is C/C=C/[C@H]1CO[C@H]([C@H]2CC[C@H](c3ccc(-c4ccc(Cl)cc4)cc3)CC2)OC1. The molecule has 148 valence electrons. The Balaban J connectivity index is 1.31. The van der Waals surface area contributed by atoms with Crippen LogP contribution in [0.3, 0.4) is 0 Å². The lowest BCUT2D eigenvalue weighted by Gasteiger charge is -2.37. The van der Waals surface area contributed by atoms with E-state index in [1.807, 2.05) is 12.1 Å². The molecule has 2 aromatic carbocycles. The summed E-state index contributed by atoms with van der Waals surface area (Å²) in [6.45, 7) is 3.64. The molecule has 2 aliphatic rings. The van der Waals surface area contributed by atoms with E-state index >= 15 is 0 Å². The fourth-order valence-electron chi connectivity index (χ4n) is 4.50. The standard InChI is InChI=1S/C25H29ClO2/c1-2-3-18-16-27-25(28-17-18)23-10-8-21(9-11-23)19-4-6-20(7-5-19)22-12-14-24(26)15-13-22/h2-7,12-15,18,21,23,25H,8-11,16-17H2,1H3/b3-2+/t18-,21-,23-,25-. The van der Waals surface area contributed by atoms with Crippen molar-refractivity contribution >= 4 is 11.6 Å². The number of halogens is 1. The van der Waals surface area contributed by atoms with Crippen molar-refractivity contribution in [3.8, 4) is 11.1 Å². The van der Waals surface area contributed by atoms with Crippen LogP contribution in [0.2, 0.25) is 5.02 Å². The minimum absolute atomic E-state index is 0.00487. The molecule has 1 aliphatic heterocycles. The molecule has 0 atom stereocenters. The van der Waals surface area contributed by atoms with Gasteiger partial charge in [-0.05, 0) is 67.3 Å². The lowest BCUT2D eigenvalue weighted by atomic mass is 9.78. The maximum atomic E-state index is 6.01. The molecular formula is C25H29ClO2. The predicted octanol–water partition coefficient (Wildman–Crippen LogP) is 6.85. The summed E-state index contributed by atoms with van der Waals surface area (Å²) in [6, 6.07) is 17.1. The summed E-state index contributed by atoms with van der Waals surface area (Å²) >= 11 is 5.99. The highest BCUT2D eigenvalue weighted by Crippen LogP contribution is 2.39. The first-order valence-corrected chi connectivity index (χ1v) is 10.8. The summed E-state index contributed by atoms with van der Waals surface area (Å²) in [4.78, 5) is 0. The number of hydrogen-bond acceptors (Lipinski definition) is 2. The molecule has 0 bridgehead atoms. The van der Waals surface area contributed by atoms with Crippen LogP contribution in [-0.4, -0.2) is 19.5 Å². The maximum Gasteiger partial charge on any atom is 0.160 e. The third kappa shape index (κ3) is 4.68. The van der Waals surface area contributed by atoms with E-state index in [2.05, 4.69) is 55.5 Å². The van der Waals surface area contributed by atoms with Gasteiger partial charge in [-0.2, -0.15) is 0 Å². The van der Waals surface area contributed by atoms with E-state index in [1.165, 1.54) is 42.4 Å². The molecule has 0 aromatic heterocycles. The van der Waals surface area contributed by atoms with Crippen LogP contribution < -0.4 is 0 Å². The van der Waals surface area contributed by atoms with Crippen molar-refractivity contribution in [3.63, 3.8) is 0 Å². The topological polar surface area (TPSA) is 18.5 Å². The summed E-state index contributed by atoms with van der Waals surface area (Å²) in [5, 5.41) is 0.778. The van der Waals surface area contributed by atoms with Crippen molar-refractivity contribution in [2.75, 3.05) is 13.2 Å². The lowest BCUT2D eigenvalue weighted by Crippen LogP contribution is -2.37. The third-order valence-corrected chi connectivity index (χ3v) is 6.38. The van der Waals surface area contributed by atoms with Gasteiger partial charge in [-0.3, -0.25) is 0 Å². The molecule has 0 N–H and O–H groups in total. The van der Waals surface area contributed by atoms with E-state index in [0.717, 1.165) is 18.2 Å². The van der Waals surface area contributed by atoms with E-state index in [9.17, 15) is 0 Å². The van der Waals surface area contributed by atoms with Crippen LogP contribution in [0.1, 0.15) is 44.1 Å². The van der Waals surface area contributed by atoms with Crippen LogP contribution in [0.25, 0.3) is 11.1 Å². The van der Waals surface area contributed by atoms with Crippen molar-refractivity contribution in [2.24, 2.45) is 11.8 Å². The van der Waals surface area contributed by atoms with Crippen LogP contribution in [-0.2, 0) is 9.47 Å². The second-order valence-corrected chi connectivity index (χ2v) is 8.50. The molecule has 1 aliphatic carbocycles. The van der Waals surface area contributed by atoms with Gasteiger partial charge in [0, 0.05) is 16.9 Å². The molecule has 28 heavy (non-hydrogen) atoms. The van der Waals surface area contributed by atoms with E-state index in [4.69, 9.17) is 21.1 Å². The number of benzene rings is 2. The van der Waals surface area contributed by atoms with Gasteiger partial charge in [0.15, 0.2) is 6.29 Å². The Hall–Kier alpha value is -1.61. The largest absolute Gasteiger partial charge is 0.352 e. The smallest absolute Gasteiger partial charge is 0.160 e. The van der Waals surface area contributed by atoms with Crippen molar-refractivity contribution < 1.29 is 9.47 Å². The van der Waals surface area contributed by atoms with E-state index in [0.29, 0.717) is 17.8 Å². The monoisotopic (exact) mass is 396 g/mol. The zero-order valence-corrected chi connectivity index (χ0v) is 17.3. The Morgan fingerprint density at radius 2 is 1.39 bits per heavy atom. The third-order valence-electron chi connectivity index (χ3n) is 6.13. The molecule has 2 nitrogen and oxygen atoms in total. The quantitative estimate of drug-likeness (QED) is 0.526. The Labute approximate surface area is 173 Å². The van der Waals surface area contributed by atoms with Gasteiger partial charge in [0.25, 0.3) is 0 Å². The van der Waals surface area contributed by atoms with E-state index in [-0.39, 0.29) is 6.29 Å². The van der Waals surface area contributed by atoms with Crippen LogP contribution in [0, 0.1) is 11.8 Å². The van der Waals surface area contributed by atoms with E-state index in [1.54, 1.807) is 0 Å². The Kier molecular flexibility index (Phi) is 6.51. The molecule has 3 heteroatoms. The zero-order valence-electron chi connectivity index (χ0n) is 16.5. The van der Waals surface area contributed by atoms with Crippen LogP contribution >= 0.6 is 11.6 Å². The summed E-state index contributed by atoms with van der Waals surface area (Å²) in [6.07, 6.45) is 9.06. The first kappa shape index (κ1) is 19.7. The minimum Gasteiger partial charge on any atom is -0.352 e. The van der Waals surface area contributed by atoms with Gasteiger partial charge in [-0.1, -0.05) is 60.2 Å². The van der Waals surface area contributed by atoms with Gasteiger partial charge in [-0.25, -0.2) is 0 Å². The van der Waals surface area contributed by atoms with Crippen molar-refractivity contribution in [1.29, 1.82) is 0 Å². The van der Waals surface area contributed by atoms with Crippen molar-refractivity contribution in [3.05, 3.63) is 71.3 Å². The number of allylic oxidation sites excluding steroid dienone is 1. The number of rotatable bonds is 4. The molecule has 1 heterocycles. The average Bonchev–Trinajstić information content (AvgIpc) is 2.75. The predicted molar refractivity (Wildman–Crippen MR) is 116 cm³/mol. The first-order valence-electron chi connectivity index (χ1n) is 10.4. The fraction of sp³-hybridized carbons (Fsp3) is 0.440. The normalized spacial score (nSPS) is 28.5. The number of hydrogen-bond donors (Lipinski definition) is 0. The number of ether oxygens (including phenoxy) is 2. The summed E-state index contributed by atoms with van der Waals surface area (Å²) in [7, 11) is 0. The first-order chi connectivity index (χ1) is 13.7. The zero-order chi connectivity index (χ0) is 19.3. The van der Waals surface area contributed by atoms with Crippen molar-refractivity contribution in [1.82, 2.24) is 0 Å². The molecule has 1 saturated carbocycles. The van der Waals surface area contributed by atoms with Gasteiger partial charge in [0.2, 0.25) is 0 Å². The summed E-state index contributed by atoms with van der Waals surface area (Å²) < 4.78 is 12.0. The van der Waals surface area contributed by atoms with Crippen LogP contribution in [0.4, 0.5) is 0 Å². The van der Waals surface area contributed by atoms with Crippen LogP contribution in [0.5, 0.6) is 0 Å².